The van der Waals surface area contributed by atoms with Crippen LogP contribution in [0.2, 0.25) is 0 Å². The van der Waals surface area contributed by atoms with Crippen molar-refractivity contribution < 1.29 is 9.53 Å². The highest BCUT2D eigenvalue weighted by atomic mass is 16.5. The third-order valence-electron chi connectivity index (χ3n) is 6.26. The van der Waals surface area contributed by atoms with Crippen molar-refractivity contribution in [3.63, 3.8) is 0 Å². The summed E-state index contributed by atoms with van der Waals surface area (Å²) < 4.78 is 8.67. The van der Waals surface area contributed by atoms with E-state index in [0.29, 0.717) is 41.8 Å². The maximum absolute atomic E-state index is 13.1. The second-order valence-electron chi connectivity index (χ2n) is 8.23. The number of rotatable bonds is 3. The number of pyridine rings is 2. The van der Waals surface area contributed by atoms with Gasteiger partial charge in [0.2, 0.25) is 0 Å². The molecular weight excluding hydrogens is 396 g/mol. The van der Waals surface area contributed by atoms with Crippen molar-refractivity contribution in [1.29, 1.82) is 0 Å². The van der Waals surface area contributed by atoms with Gasteiger partial charge < -0.3 is 14.5 Å². The maximum atomic E-state index is 13.1. The Balaban J connectivity index is 1.44. The zero-order chi connectivity index (χ0) is 21.5. The van der Waals surface area contributed by atoms with Crippen LogP contribution in [0.3, 0.4) is 0 Å². The summed E-state index contributed by atoms with van der Waals surface area (Å²) in [6.45, 7) is 4.88. The highest BCUT2D eigenvalue weighted by molar-refractivity contribution is 5.95. The van der Waals surface area contributed by atoms with E-state index in [-0.39, 0.29) is 11.6 Å². The molecule has 0 N–H and O–H groups in total. The number of aromatic nitrogens is 4. The number of piperidine rings is 1. The van der Waals surface area contributed by atoms with Crippen LogP contribution in [0.5, 0.6) is 5.75 Å². The van der Waals surface area contributed by atoms with Crippen LogP contribution in [0.25, 0.3) is 5.65 Å². The van der Waals surface area contributed by atoms with Gasteiger partial charge in [0.05, 0.1) is 12.1 Å². The number of carbonyl (C=O) groups is 1. The first kappa shape index (κ1) is 19.6. The molecule has 9 nitrogen and oxygen atoms in total. The molecule has 1 amide bonds. The van der Waals surface area contributed by atoms with E-state index in [4.69, 9.17) is 4.74 Å². The standard InChI is InChI=1S/C22H26N6O3/c1-3-15-5-4-7-26(14-15)21(29)16-11-18-20(23-13-16)27(9-10-31-18)17-6-8-28-19(12-17)24-25(2)22(28)30/h6,8,11-13,15H,3-5,7,9-10,14H2,1-2H3. The van der Waals surface area contributed by atoms with Gasteiger partial charge in [0.1, 0.15) is 6.61 Å². The molecule has 2 aliphatic heterocycles. The van der Waals surface area contributed by atoms with Gasteiger partial charge >= 0.3 is 5.69 Å². The minimum Gasteiger partial charge on any atom is -0.488 e. The lowest BCUT2D eigenvalue weighted by atomic mass is 9.95. The largest absolute Gasteiger partial charge is 0.488 e. The Morgan fingerprint density at radius 1 is 1.29 bits per heavy atom. The topological polar surface area (TPSA) is 85.0 Å². The van der Waals surface area contributed by atoms with E-state index in [1.54, 1.807) is 25.5 Å². The molecule has 1 atom stereocenters. The van der Waals surface area contributed by atoms with Crippen molar-refractivity contribution in [3.05, 3.63) is 46.6 Å². The lowest BCUT2D eigenvalue weighted by molar-refractivity contribution is 0.0670. The summed E-state index contributed by atoms with van der Waals surface area (Å²) in [4.78, 5) is 33.7. The van der Waals surface area contributed by atoms with E-state index in [9.17, 15) is 9.59 Å². The molecule has 5 heterocycles. The molecular formula is C22H26N6O3. The number of aryl methyl sites for hydroxylation is 1. The van der Waals surface area contributed by atoms with Crippen LogP contribution < -0.4 is 15.3 Å². The van der Waals surface area contributed by atoms with Crippen molar-refractivity contribution in [2.45, 2.75) is 26.2 Å². The van der Waals surface area contributed by atoms with Crippen LogP contribution in [0, 0.1) is 5.92 Å². The summed E-state index contributed by atoms with van der Waals surface area (Å²) in [5, 5.41) is 4.26. The van der Waals surface area contributed by atoms with Crippen LogP contribution in [0.4, 0.5) is 11.5 Å². The second kappa shape index (κ2) is 7.72. The van der Waals surface area contributed by atoms with Crippen molar-refractivity contribution in [2.75, 3.05) is 31.1 Å². The fraction of sp³-hybridized carbons (Fsp3) is 0.455. The van der Waals surface area contributed by atoms with Crippen molar-refractivity contribution in [3.8, 4) is 5.75 Å². The van der Waals surface area contributed by atoms with Crippen molar-refractivity contribution in [2.24, 2.45) is 13.0 Å². The van der Waals surface area contributed by atoms with Gasteiger partial charge in [-0.25, -0.2) is 14.5 Å². The Labute approximate surface area is 179 Å². The van der Waals surface area contributed by atoms with Gasteiger partial charge in [0.15, 0.2) is 17.2 Å². The number of likely N-dealkylation sites (tertiary alicyclic amines) is 1. The first-order valence-corrected chi connectivity index (χ1v) is 10.8. The van der Waals surface area contributed by atoms with Gasteiger partial charge in [-0.3, -0.25) is 9.20 Å². The predicted molar refractivity (Wildman–Crippen MR) is 116 cm³/mol. The molecule has 31 heavy (non-hydrogen) atoms. The highest BCUT2D eigenvalue weighted by Crippen LogP contribution is 2.35. The summed E-state index contributed by atoms with van der Waals surface area (Å²) in [6.07, 6.45) is 6.69. The van der Waals surface area contributed by atoms with Crippen LogP contribution >= 0.6 is 0 Å². The van der Waals surface area contributed by atoms with Crippen molar-refractivity contribution >= 4 is 23.1 Å². The van der Waals surface area contributed by atoms with Gasteiger partial charge in [-0.05, 0) is 30.9 Å². The summed E-state index contributed by atoms with van der Waals surface area (Å²) in [6, 6.07) is 5.52. The van der Waals surface area contributed by atoms with Gasteiger partial charge in [-0.15, -0.1) is 0 Å². The number of anilines is 2. The monoisotopic (exact) mass is 422 g/mol. The molecule has 0 saturated carbocycles. The Morgan fingerprint density at radius 2 is 2.16 bits per heavy atom. The van der Waals surface area contributed by atoms with E-state index < -0.39 is 0 Å². The molecule has 162 valence electrons. The summed E-state index contributed by atoms with van der Waals surface area (Å²) in [7, 11) is 1.63. The van der Waals surface area contributed by atoms with Crippen LogP contribution in [-0.2, 0) is 7.05 Å². The molecule has 1 unspecified atom stereocenters. The molecule has 0 radical (unpaired) electrons. The maximum Gasteiger partial charge on any atom is 0.350 e. The number of carbonyl (C=O) groups excluding carboxylic acids is 1. The number of amides is 1. The first-order chi connectivity index (χ1) is 15.0. The fourth-order valence-corrected chi connectivity index (χ4v) is 4.47. The molecule has 9 heteroatoms. The molecule has 0 aliphatic carbocycles. The molecule has 5 rings (SSSR count). The van der Waals surface area contributed by atoms with E-state index in [0.717, 1.165) is 31.6 Å². The molecule has 0 aromatic carbocycles. The Kier molecular flexibility index (Phi) is 4.88. The van der Waals surface area contributed by atoms with E-state index in [1.807, 2.05) is 21.9 Å². The minimum absolute atomic E-state index is 0.0171. The molecule has 2 aliphatic rings. The van der Waals surface area contributed by atoms with Gasteiger partial charge in [-0.2, -0.15) is 5.10 Å². The van der Waals surface area contributed by atoms with Gasteiger partial charge in [0.25, 0.3) is 5.91 Å². The zero-order valence-electron chi connectivity index (χ0n) is 17.8. The van der Waals surface area contributed by atoms with Crippen LogP contribution in [-0.4, -0.2) is 56.2 Å². The van der Waals surface area contributed by atoms with Crippen LogP contribution in [0.15, 0.2) is 35.4 Å². The van der Waals surface area contributed by atoms with Crippen molar-refractivity contribution in [1.82, 2.24) is 24.1 Å². The molecule has 0 bridgehead atoms. The van der Waals surface area contributed by atoms with Crippen LogP contribution in [0.1, 0.15) is 36.5 Å². The predicted octanol–water partition coefficient (Wildman–Crippen LogP) is 2.22. The Morgan fingerprint density at radius 3 is 3.00 bits per heavy atom. The number of hydrogen-bond donors (Lipinski definition) is 0. The zero-order valence-corrected chi connectivity index (χ0v) is 17.8. The Bertz CT molecular complexity index is 1200. The lowest BCUT2D eigenvalue weighted by Crippen LogP contribution is -2.40. The molecule has 1 fully saturated rings. The molecule has 1 saturated heterocycles. The average Bonchev–Trinajstić information content (AvgIpc) is 3.10. The van der Waals surface area contributed by atoms with E-state index >= 15 is 0 Å². The molecule has 3 aromatic heterocycles. The normalized spacial score (nSPS) is 18.7. The highest BCUT2D eigenvalue weighted by Gasteiger charge is 2.27. The average molecular weight is 422 g/mol. The lowest BCUT2D eigenvalue weighted by Gasteiger charge is -2.33. The minimum atomic E-state index is -0.187. The molecule has 0 spiro atoms. The van der Waals surface area contributed by atoms with E-state index in [2.05, 4.69) is 17.0 Å². The van der Waals surface area contributed by atoms with Gasteiger partial charge in [-0.1, -0.05) is 13.3 Å². The third-order valence-corrected chi connectivity index (χ3v) is 6.26. The quantitative estimate of drug-likeness (QED) is 0.644. The summed E-state index contributed by atoms with van der Waals surface area (Å²) in [5.74, 6) is 1.85. The number of nitrogens with zero attached hydrogens (tertiary/aromatic N) is 6. The van der Waals surface area contributed by atoms with E-state index in [1.165, 1.54) is 15.5 Å². The number of hydrogen-bond acceptors (Lipinski definition) is 6. The number of ether oxygens (including phenoxy) is 1. The third kappa shape index (κ3) is 3.43. The number of fused-ring (bicyclic) bond motifs is 2. The fourth-order valence-electron chi connectivity index (χ4n) is 4.47. The summed E-state index contributed by atoms with van der Waals surface area (Å²) >= 11 is 0. The smallest absolute Gasteiger partial charge is 0.350 e. The molecule has 3 aromatic rings. The first-order valence-electron chi connectivity index (χ1n) is 10.8. The van der Waals surface area contributed by atoms with Gasteiger partial charge in [0, 0.05) is 44.3 Å². The second-order valence-corrected chi connectivity index (χ2v) is 8.23. The Hall–Kier alpha value is -3.36. The summed E-state index contributed by atoms with van der Waals surface area (Å²) in [5.41, 5.74) is 1.81. The SMILES string of the molecule is CCC1CCCN(C(=O)c2cnc3c(c2)OCCN3c2ccn3c(=O)n(C)nc3c2)C1.